The minimum absolute atomic E-state index is 0.131. The smallest absolute Gasteiger partial charge is 0.228 e. The second-order valence-electron chi connectivity index (χ2n) is 7.57. The molecule has 1 aromatic heterocycles. The van der Waals surface area contributed by atoms with E-state index in [1.54, 1.807) is 0 Å². The molecule has 4 rings (SSSR count). The zero-order valence-electron chi connectivity index (χ0n) is 14.6. The van der Waals surface area contributed by atoms with Crippen molar-refractivity contribution in [3.8, 4) is 0 Å². The number of piperazine rings is 1. The first-order chi connectivity index (χ1) is 12.2. The van der Waals surface area contributed by atoms with E-state index in [4.69, 9.17) is 0 Å². The number of rotatable bonds is 5. The Morgan fingerprint density at radius 1 is 1.16 bits per heavy atom. The summed E-state index contributed by atoms with van der Waals surface area (Å²) in [5, 5.41) is 0. The second-order valence-corrected chi connectivity index (χ2v) is 7.57. The highest BCUT2D eigenvalue weighted by Crippen LogP contribution is 2.32. The summed E-state index contributed by atoms with van der Waals surface area (Å²) >= 11 is 0. The van der Waals surface area contributed by atoms with Gasteiger partial charge in [-0.15, -0.1) is 0 Å². The molecule has 0 bridgehead atoms. The third-order valence-electron chi connectivity index (χ3n) is 5.53. The maximum Gasteiger partial charge on any atom is 0.228 e. The summed E-state index contributed by atoms with van der Waals surface area (Å²) in [7, 11) is 0. The van der Waals surface area contributed by atoms with E-state index in [1.165, 1.54) is 12.8 Å². The Balaban J connectivity index is 1.26. The fourth-order valence-electron chi connectivity index (χ4n) is 3.83. The van der Waals surface area contributed by atoms with Crippen LogP contribution in [0, 0.1) is 11.8 Å². The molecule has 1 aromatic rings. The van der Waals surface area contributed by atoms with Crippen molar-refractivity contribution in [2.24, 2.45) is 11.8 Å². The number of likely N-dealkylation sites (tertiary alicyclic amines) is 1. The van der Waals surface area contributed by atoms with Crippen molar-refractivity contribution in [3.05, 3.63) is 30.1 Å². The molecule has 1 aliphatic carbocycles. The Bertz CT molecular complexity index is 624. The maximum absolute atomic E-state index is 12.8. The maximum atomic E-state index is 12.8. The molecule has 25 heavy (non-hydrogen) atoms. The molecule has 0 spiro atoms. The number of hydrogen-bond donors (Lipinski definition) is 0. The van der Waals surface area contributed by atoms with Crippen molar-refractivity contribution in [1.29, 1.82) is 0 Å². The van der Waals surface area contributed by atoms with Gasteiger partial charge in [0.1, 0.15) is 0 Å². The average Bonchev–Trinajstić information content (AvgIpc) is 3.38. The van der Waals surface area contributed by atoms with Gasteiger partial charge in [0.2, 0.25) is 11.8 Å². The van der Waals surface area contributed by atoms with Crippen LogP contribution < -0.4 is 0 Å². The van der Waals surface area contributed by atoms with Gasteiger partial charge in [0.05, 0.1) is 11.6 Å². The number of pyridine rings is 1. The van der Waals surface area contributed by atoms with E-state index in [1.807, 2.05) is 34.2 Å². The highest BCUT2D eigenvalue weighted by molar-refractivity contribution is 5.89. The SMILES string of the molecule is O=C1C[C@@H](C(=O)N2CCN(Cc3ccccn3)CC2)CN1CC1CC1. The molecule has 134 valence electrons. The minimum Gasteiger partial charge on any atom is -0.342 e. The van der Waals surface area contributed by atoms with Gasteiger partial charge in [0.15, 0.2) is 0 Å². The van der Waals surface area contributed by atoms with Gasteiger partial charge >= 0.3 is 0 Å². The van der Waals surface area contributed by atoms with Crippen LogP contribution in [0.25, 0.3) is 0 Å². The molecule has 2 aliphatic heterocycles. The molecule has 0 N–H and O–H groups in total. The van der Waals surface area contributed by atoms with Crippen molar-refractivity contribution in [2.45, 2.75) is 25.8 Å². The molecule has 0 aromatic carbocycles. The highest BCUT2D eigenvalue weighted by atomic mass is 16.2. The number of aromatic nitrogens is 1. The van der Waals surface area contributed by atoms with E-state index in [0.29, 0.717) is 18.9 Å². The Hall–Kier alpha value is -1.95. The van der Waals surface area contributed by atoms with Gasteiger partial charge in [-0.25, -0.2) is 0 Å². The number of hydrogen-bond acceptors (Lipinski definition) is 4. The Morgan fingerprint density at radius 2 is 1.96 bits per heavy atom. The molecule has 3 aliphatic rings. The molecule has 2 amide bonds. The second kappa shape index (κ2) is 7.12. The van der Waals surface area contributed by atoms with Gasteiger partial charge in [0.25, 0.3) is 0 Å². The molecular weight excluding hydrogens is 316 g/mol. The van der Waals surface area contributed by atoms with Crippen LogP contribution >= 0.6 is 0 Å². The zero-order chi connectivity index (χ0) is 17.2. The lowest BCUT2D eigenvalue weighted by Crippen LogP contribution is -2.50. The van der Waals surface area contributed by atoms with Crippen LogP contribution in [0.1, 0.15) is 25.0 Å². The van der Waals surface area contributed by atoms with Gasteiger partial charge in [-0.3, -0.25) is 19.5 Å². The molecule has 1 atom stereocenters. The van der Waals surface area contributed by atoms with Crippen LogP contribution in [-0.2, 0) is 16.1 Å². The van der Waals surface area contributed by atoms with Gasteiger partial charge in [-0.1, -0.05) is 6.07 Å². The monoisotopic (exact) mass is 342 g/mol. The number of carbonyl (C=O) groups is 2. The van der Waals surface area contributed by atoms with Crippen molar-refractivity contribution in [2.75, 3.05) is 39.3 Å². The summed E-state index contributed by atoms with van der Waals surface area (Å²) in [4.78, 5) is 35.5. The van der Waals surface area contributed by atoms with E-state index in [-0.39, 0.29) is 17.7 Å². The first-order valence-electron chi connectivity index (χ1n) is 9.38. The fourth-order valence-corrected chi connectivity index (χ4v) is 3.83. The van der Waals surface area contributed by atoms with Gasteiger partial charge < -0.3 is 9.80 Å². The van der Waals surface area contributed by atoms with Crippen LogP contribution in [0.15, 0.2) is 24.4 Å². The largest absolute Gasteiger partial charge is 0.342 e. The van der Waals surface area contributed by atoms with Crippen LogP contribution in [0.2, 0.25) is 0 Å². The molecule has 2 saturated heterocycles. The first-order valence-corrected chi connectivity index (χ1v) is 9.38. The van der Waals surface area contributed by atoms with Crippen molar-refractivity contribution in [1.82, 2.24) is 19.7 Å². The lowest BCUT2D eigenvalue weighted by Gasteiger charge is -2.35. The Labute approximate surface area is 148 Å². The third kappa shape index (κ3) is 4.00. The molecule has 3 heterocycles. The minimum atomic E-state index is -0.131. The molecule has 0 unspecified atom stereocenters. The predicted molar refractivity (Wildman–Crippen MR) is 93.5 cm³/mol. The molecule has 3 fully saturated rings. The van der Waals surface area contributed by atoms with Crippen molar-refractivity contribution >= 4 is 11.8 Å². The third-order valence-corrected chi connectivity index (χ3v) is 5.53. The van der Waals surface area contributed by atoms with Gasteiger partial charge in [-0.2, -0.15) is 0 Å². The van der Waals surface area contributed by atoms with Gasteiger partial charge in [-0.05, 0) is 30.9 Å². The van der Waals surface area contributed by atoms with Crippen LogP contribution in [0.4, 0.5) is 0 Å². The van der Waals surface area contributed by atoms with E-state index >= 15 is 0 Å². The summed E-state index contributed by atoms with van der Waals surface area (Å²) in [6.45, 7) is 5.56. The lowest BCUT2D eigenvalue weighted by molar-refractivity contribution is -0.137. The van der Waals surface area contributed by atoms with E-state index in [0.717, 1.165) is 45.0 Å². The van der Waals surface area contributed by atoms with Crippen molar-refractivity contribution < 1.29 is 9.59 Å². The average molecular weight is 342 g/mol. The first kappa shape index (κ1) is 16.5. The van der Waals surface area contributed by atoms with Gasteiger partial charge in [0, 0.05) is 58.4 Å². The lowest BCUT2D eigenvalue weighted by atomic mass is 10.1. The summed E-state index contributed by atoms with van der Waals surface area (Å²) in [5.41, 5.74) is 1.07. The van der Waals surface area contributed by atoms with Crippen LogP contribution in [0.3, 0.4) is 0 Å². The summed E-state index contributed by atoms with van der Waals surface area (Å²) in [6, 6.07) is 5.97. The molecule has 6 heteroatoms. The number of carbonyl (C=O) groups excluding carboxylic acids is 2. The van der Waals surface area contributed by atoms with Crippen LogP contribution in [0.5, 0.6) is 0 Å². The summed E-state index contributed by atoms with van der Waals surface area (Å²) < 4.78 is 0. The normalized spacial score (nSPS) is 24.8. The van der Waals surface area contributed by atoms with E-state index in [2.05, 4.69) is 9.88 Å². The molecule has 1 saturated carbocycles. The molecule has 0 radical (unpaired) electrons. The summed E-state index contributed by atoms with van der Waals surface area (Å²) in [5.74, 6) is 0.893. The topological polar surface area (TPSA) is 56.8 Å². The standard InChI is InChI=1S/C19H26N4O2/c24-18-11-16(13-23(18)12-15-4-5-15)19(25)22-9-7-21(8-10-22)14-17-3-1-2-6-20-17/h1-3,6,15-16H,4-5,7-14H2/t16-/m1/s1. The fraction of sp³-hybridized carbons (Fsp3) is 0.632. The van der Waals surface area contributed by atoms with E-state index in [9.17, 15) is 9.59 Å². The Kier molecular flexibility index (Phi) is 4.70. The Morgan fingerprint density at radius 3 is 2.64 bits per heavy atom. The molecule has 6 nitrogen and oxygen atoms in total. The van der Waals surface area contributed by atoms with E-state index < -0.39 is 0 Å². The van der Waals surface area contributed by atoms with Crippen molar-refractivity contribution in [3.63, 3.8) is 0 Å². The zero-order valence-corrected chi connectivity index (χ0v) is 14.6. The van der Waals surface area contributed by atoms with Crippen LogP contribution in [-0.4, -0.2) is 70.8 Å². The number of nitrogens with zero attached hydrogens (tertiary/aromatic N) is 4. The highest BCUT2D eigenvalue weighted by Gasteiger charge is 2.39. The summed E-state index contributed by atoms with van der Waals surface area (Å²) in [6.07, 6.45) is 4.69. The predicted octanol–water partition coefficient (Wildman–Crippen LogP) is 0.984. The quantitative estimate of drug-likeness (QED) is 0.801. The number of amides is 2. The molecular formula is C19H26N4O2.